The molecule has 4 N–H and O–H groups in total. The van der Waals surface area contributed by atoms with Crippen LogP contribution >= 0.6 is 23.5 Å². The number of hydrogen-bond acceptors (Lipinski definition) is 17. The molecule has 94 heavy (non-hydrogen) atoms. The average Bonchev–Trinajstić information content (AvgIpc) is 1.35. The largest absolute Gasteiger partial charge is 0.415 e. The number of sulfonamides is 1. The second-order valence-corrected chi connectivity index (χ2v) is 30.4. The van der Waals surface area contributed by atoms with E-state index in [0.717, 1.165) is 26.7 Å². The third kappa shape index (κ3) is 18.9. The van der Waals surface area contributed by atoms with Crippen LogP contribution in [-0.4, -0.2) is 189 Å². The van der Waals surface area contributed by atoms with Crippen LogP contribution in [0.4, 0.5) is 4.79 Å². The molecule has 1 saturated carbocycles. The van der Waals surface area contributed by atoms with Gasteiger partial charge in [0.2, 0.25) is 33.7 Å². The number of nitrogens with zero attached hydrogens (tertiary/aromatic N) is 6. The van der Waals surface area contributed by atoms with Gasteiger partial charge in [-0.1, -0.05) is 85.2 Å². The third-order valence-corrected chi connectivity index (χ3v) is 22.5. The number of hydrogen-bond donors (Lipinski definition) is 4. The minimum absolute atomic E-state index is 0.00890. The maximum atomic E-state index is 14.6. The number of allylic oxidation sites excluding steroid dienone is 6. The number of aromatic nitrogens is 2. The number of ether oxygens (including phenoxy) is 3. The molecule has 3 aromatic rings. The summed E-state index contributed by atoms with van der Waals surface area (Å²) >= 11 is 3.43. The number of carbonyl (C=O) groups is 7. The molecule has 0 unspecified atom stereocenters. The number of likely N-dealkylation sites (N-methyl/N-ethyl adjacent to an activating group) is 2. The van der Waals surface area contributed by atoms with Gasteiger partial charge in [-0.15, -0.1) is 23.5 Å². The van der Waals surface area contributed by atoms with Crippen LogP contribution in [0.5, 0.6) is 5.75 Å². The predicted octanol–water partition coefficient (Wildman–Crippen LogP) is 7.93. The van der Waals surface area contributed by atoms with Gasteiger partial charge in [-0.05, 0) is 130 Å². The summed E-state index contributed by atoms with van der Waals surface area (Å²) in [4.78, 5) is 117. The minimum atomic E-state index is -4.02. The molecular formula is C69H96N10O12S3. The molecule has 2 bridgehead atoms. The zero-order chi connectivity index (χ0) is 68.1. The monoisotopic (exact) mass is 1350 g/mol. The molecule has 25 heteroatoms. The highest BCUT2D eigenvalue weighted by molar-refractivity contribution is 8.03. The van der Waals surface area contributed by atoms with Crippen molar-refractivity contribution >= 4 is 86.1 Å². The number of amides is 7. The van der Waals surface area contributed by atoms with E-state index in [2.05, 4.69) is 38.9 Å². The van der Waals surface area contributed by atoms with E-state index >= 15 is 0 Å². The quantitative estimate of drug-likeness (QED) is 0.0564. The van der Waals surface area contributed by atoms with Gasteiger partial charge < -0.3 is 44.9 Å². The highest BCUT2D eigenvalue weighted by atomic mass is 32.2. The van der Waals surface area contributed by atoms with Gasteiger partial charge in [0.05, 0.1) is 70.3 Å². The van der Waals surface area contributed by atoms with Crippen molar-refractivity contribution in [3.8, 4) is 5.75 Å². The highest BCUT2D eigenvalue weighted by Gasteiger charge is 2.45. The number of rotatable bonds is 27. The molecule has 4 heterocycles. The summed E-state index contributed by atoms with van der Waals surface area (Å²) in [5.74, 6) is -2.14. The number of benzene rings is 2. The van der Waals surface area contributed by atoms with Gasteiger partial charge in [0.25, 0.3) is 11.8 Å². The summed E-state index contributed by atoms with van der Waals surface area (Å²) in [5, 5.41) is 8.21. The molecule has 5 aliphatic rings. The van der Waals surface area contributed by atoms with Crippen molar-refractivity contribution in [1.29, 1.82) is 0 Å². The van der Waals surface area contributed by atoms with Gasteiger partial charge in [-0.2, -0.15) is 0 Å². The van der Waals surface area contributed by atoms with Gasteiger partial charge in [0, 0.05) is 80.7 Å². The van der Waals surface area contributed by atoms with Crippen LogP contribution in [-0.2, 0) is 61.4 Å². The molecule has 0 radical (unpaired) electrons. The second-order valence-electron chi connectivity index (χ2n) is 26.4. The van der Waals surface area contributed by atoms with Crippen LogP contribution in [0.1, 0.15) is 127 Å². The first-order chi connectivity index (χ1) is 44.8. The molecule has 2 saturated heterocycles. The Morgan fingerprint density at radius 3 is 2.06 bits per heavy atom. The number of likely N-dealkylation sites (tertiary alicyclic amines) is 2. The third-order valence-electron chi connectivity index (χ3n) is 18.6. The van der Waals surface area contributed by atoms with Gasteiger partial charge in [-0.25, -0.2) is 23.2 Å². The van der Waals surface area contributed by atoms with Gasteiger partial charge in [-0.3, -0.25) is 38.4 Å². The van der Waals surface area contributed by atoms with E-state index in [1.54, 1.807) is 88.6 Å². The minimum Gasteiger partial charge on any atom is -0.410 e. The molecule has 1 aromatic heterocycles. The lowest BCUT2D eigenvalue weighted by Gasteiger charge is -2.41. The standard InChI is InChI=1S/C69H96N10O12S3/c1-13-43(6)62(77(10)68(85)60(41(2)3)74-67(84)61(42(4)5)76(8)9)58(89-11)37-59(80)79-31-17-20-57(79)63(90-12)44(7)64(81)73-54(66(83)75-94(87,88)51-26-27-51)34-45-21-24-48(25-22-45)91-69(86)78-32-29-46(30-33-78)38-70-65(82)47-23-28-52-53(35-47)72-56-40-93-50-19-16-14-15-18-49(36-50)92-39-55(56)71-52/h14-16,18-19,21-25,28,35-36,41-44,46,51,54,57-58,60-63H,13,17,20,26-27,29-34,37-40H2,1-12H3,(H,70,82)(H,73,81)(H,74,84)(H,75,83)/b15-14+,16-14?,18-15?,19-16-,49-18+,49-36?,50-19?,50-36-/t43-,44+,54-,57-,58+,60-,61-,62-,63+/m0/s1. The van der Waals surface area contributed by atoms with Crippen LogP contribution < -0.4 is 25.4 Å². The Labute approximate surface area is 563 Å². The first-order valence-corrected chi connectivity index (χ1v) is 36.4. The Kier molecular flexibility index (Phi) is 26.0. The Balaban J connectivity index is 0.849. The Morgan fingerprint density at radius 1 is 0.755 bits per heavy atom. The average molecular weight is 1350 g/mol. The summed E-state index contributed by atoms with van der Waals surface area (Å²) < 4.78 is 46.4. The summed E-state index contributed by atoms with van der Waals surface area (Å²) in [5.41, 5.74) is 4.24. The van der Waals surface area contributed by atoms with Crippen molar-refractivity contribution in [2.45, 2.75) is 165 Å². The molecule has 8 rings (SSSR count). The number of nitrogens with one attached hydrogen (secondary N) is 4. The van der Waals surface area contributed by atoms with Crippen molar-refractivity contribution in [2.75, 3.05) is 61.5 Å². The van der Waals surface area contributed by atoms with E-state index in [1.165, 1.54) is 14.2 Å². The first-order valence-electron chi connectivity index (χ1n) is 32.9. The van der Waals surface area contributed by atoms with E-state index in [9.17, 15) is 42.0 Å². The summed E-state index contributed by atoms with van der Waals surface area (Å²) in [7, 11) is 4.31. The van der Waals surface area contributed by atoms with E-state index < -0.39 is 81.5 Å². The fourth-order valence-corrected chi connectivity index (χ4v) is 16.2. The Bertz CT molecular complexity index is 3450. The lowest BCUT2D eigenvalue weighted by Crippen LogP contribution is -2.59. The normalized spacial score (nSPS) is 21.3. The van der Waals surface area contributed by atoms with Crippen LogP contribution in [0.25, 0.3) is 11.0 Å². The van der Waals surface area contributed by atoms with Crippen molar-refractivity contribution in [3.63, 3.8) is 0 Å². The zero-order valence-corrected chi connectivity index (χ0v) is 58.9. The molecule has 3 fully saturated rings. The second kappa shape index (κ2) is 33.4. The topological polar surface area (TPSA) is 268 Å². The molecule has 2 aromatic carbocycles. The van der Waals surface area contributed by atoms with E-state index in [1.807, 2.05) is 84.8 Å². The Morgan fingerprint density at radius 2 is 1.44 bits per heavy atom. The van der Waals surface area contributed by atoms with Gasteiger partial charge >= 0.3 is 6.09 Å². The molecule has 3 aliphatic heterocycles. The van der Waals surface area contributed by atoms with Crippen LogP contribution in [0.3, 0.4) is 0 Å². The van der Waals surface area contributed by atoms with Crippen molar-refractivity contribution in [3.05, 3.63) is 111 Å². The summed E-state index contributed by atoms with van der Waals surface area (Å²) in [6.07, 6.45) is 14.0. The first kappa shape index (κ1) is 73.2. The molecule has 0 spiro atoms. The number of fused-ring (bicyclic) bond motifs is 3. The summed E-state index contributed by atoms with van der Waals surface area (Å²) in [6, 6.07) is 8.06. The lowest BCUT2D eigenvalue weighted by atomic mass is 9.89. The van der Waals surface area contributed by atoms with Crippen LogP contribution in [0, 0.1) is 29.6 Å². The van der Waals surface area contributed by atoms with Crippen LogP contribution in [0.15, 0.2) is 88.7 Å². The van der Waals surface area contributed by atoms with Crippen molar-refractivity contribution in [1.82, 2.24) is 50.2 Å². The Hall–Kier alpha value is -6.64. The molecule has 9 atom stereocenters. The van der Waals surface area contributed by atoms with Crippen molar-refractivity contribution in [2.24, 2.45) is 29.6 Å². The van der Waals surface area contributed by atoms with Gasteiger partial charge in [0.1, 0.15) is 17.8 Å². The smallest absolute Gasteiger partial charge is 0.410 e. The fraction of sp³-hybridized carbons (Fsp3) is 0.580. The van der Waals surface area contributed by atoms with E-state index in [4.69, 9.17) is 24.2 Å². The number of carbonyl (C=O) groups excluding carboxylic acids is 7. The fourth-order valence-electron chi connectivity index (χ4n) is 12.9. The lowest BCUT2D eigenvalue weighted by molar-refractivity contribution is -0.148. The van der Waals surface area contributed by atoms with Gasteiger partial charge in [0.15, 0.2) is 0 Å². The van der Waals surface area contributed by atoms with E-state index in [0.29, 0.717) is 99.3 Å². The number of piperidine rings is 1. The van der Waals surface area contributed by atoms with E-state index in [-0.39, 0.29) is 65.9 Å². The molecule has 7 amide bonds. The SMILES string of the molecule is CC[C@H](C)[C@@H]([C@@H](CC(=O)N1CCC[C@H]1[C@H](OC)[C@@H](C)C(=O)N[C@@H](Cc1ccc(OC(=O)N2CCC(CNC(=O)c3ccc4nc5c(nc4c3)CSC3=C\C(=C/C=C/C=C\3)SC5)CC2)cc1)C(=O)NS(=O)(=O)C1CC1)OC)N(C)C(=O)[C@@H](NC(=O)[C@H](C(C)C)N(C)C)C(C)C. The molecule has 2 aliphatic carbocycles. The highest BCUT2D eigenvalue weighted by Crippen LogP contribution is 2.36. The number of methoxy groups -OCH3 is 2. The maximum Gasteiger partial charge on any atom is 0.415 e. The molecule has 22 nitrogen and oxygen atoms in total. The van der Waals surface area contributed by atoms with Crippen molar-refractivity contribution < 1.29 is 56.2 Å². The molecule has 512 valence electrons. The van der Waals surface area contributed by atoms with Crippen LogP contribution in [0.2, 0.25) is 0 Å². The molecular weight excluding hydrogens is 1260 g/mol. The summed E-state index contributed by atoms with van der Waals surface area (Å²) in [6.45, 7) is 15.0. The predicted molar refractivity (Wildman–Crippen MR) is 367 cm³/mol. The maximum absolute atomic E-state index is 14.6. The zero-order valence-electron chi connectivity index (χ0n) is 56.4. The number of thioether (sulfide) groups is 2.